The second kappa shape index (κ2) is 14.8. The van der Waals surface area contributed by atoms with Crippen molar-refractivity contribution in [2.75, 3.05) is 6.54 Å². The molecule has 41 heavy (non-hydrogen) atoms. The fraction of sp³-hybridized carbons (Fsp3) is 0.737. The van der Waals surface area contributed by atoms with Gasteiger partial charge in [0.25, 0.3) is 0 Å². The van der Waals surface area contributed by atoms with Crippen molar-refractivity contribution in [2.24, 2.45) is 45.3 Å². The van der Waals surface area contributed by atoms with E-state index >= 15 is 0 Å². The van der Waals surface area contributed by atoms with Crippen LogP contribution < -0.4 is 17.2 Å². The molecule has 0 amide bonds. The van der Waals surface area contributed by atoms with Crippen molar-refractivity contribution in [3.63, 3.8) is 0 Å². The van der Waals surface area contributed by atoms with E-state index in [9.17, 15) is 0 Å². The van der Waals surface area contributed by atoms with E-state index in [4.69, 9.17) is 17.2 Å². The Morgan fingerprint density at radius 1 is 1.05 bits per heavy atom. The highest BCUT2D eigenvalue weighted by Gasteiger charge is 2.47. The molecule has 6 N–H and O–H groups in total. The van der Waals surface area contributed by atoms with Gasteiger partial charge >= 0.3 is 0 Å². The second-order valence-electron chi connectivity index (χ2n) is 15.3. The van der Waals surface area contributed by atoms with E-state index in [1.165, 1.54) is 31.3 Å². The summed E-state index contributed by atoms with van der Waals surface area (Å²) in [4.78, 5) is 0. The lowest BCUT2D eigenvalue weighted by atomic mass is 9.54. The highest BCUT2D eigenvalue weighted by Crippen LogP contribution is 2.55. The quantitative estimate of drug-likeness (QED) is 0.173. The highest BCUT2D eigenvalue weighted by molar-refractivity contribution is 5.35. The highest BCUT2D eigenvalue weighted by atomic mass is 14.7. The van der Waals surface area contributed by atoms with Gasteiger partial charge in [0.2, 0.25) is 0 Å². The van der Waals surface area contributed by atoms with Crippen LogP contribution in [-0.4, -0.2) is 17.6 Å². The van der Waals surface area contributed by atoms with Crippen LogP contribution in [0.1, 0.15) is 133 Å². The second-order valence-corrected chi connectivity index (χ2v) is 15.3. The maximum absolute atomic E-state index is 6.92. The Morgan fingerprint density at radius 2 is 1.76 bits per heavy atom. The summed E-state index contributed by atoms with van der Waals surface area (Å²) in [6.07, 6.45) is 30.2. The molecule has 0 bridgehead atoms. The Hall–Kier alpha value is -1.42. The van der Waals surface area contributed by atoms with Crippen molar-refractivity contribution in [2.45, 2.75) is 144 Å². The topological polar surface area (TPSA) is 78.1 Å². The average molecular weight is 566 g/mol. The predicted octanol–water partition coefficient (Wildman–Crippen LogP) is 9.55. The molecule has 0 spiro atoms. The van der Waals surface area contributed by atoms with Crippen LogP contribution in [0.3, 0.4) is 0 Å². The van der Waals surface area contributed by atoms with Gasteiger partial charge in [-0.2, -0.15) is 0 Å². The lowest BCUT2D eigenvalue weighted by Gasteiger charge is -2.52. The molecule has 2 rings (SSSR count). The largest absolute Gasteiger partial charge is 0.330 e. The first kappa shape index (κ1) is 35.8. The zero-order chi connectivity index (χ0) is 31.0. The van der Waals surface area contributed by atoms with Gasteiger partial charge in [-0.3, -0.25) is 0 Å². The molecule has 0 aliphatic heterocycles. The lowest BCUT2D eigenvalue weighted by Crippen LogP contribution is -2.48. The van der Waals surface area contributed by atoms with Gasteiger partial charge in [0.1, 0.15) is 0 Å². The van der Waals surface area contributed by atoms with Gasteiger partial charge in [0.05, 0.1) is 0 Å². The Bertz CT molecular complexity index is 975. The van der Waals surface area contributed by atoms with Crippen molar-refractivity contribution < 1.29 is 0 Å². The fourth-order valence-corrected chi connectivity index (χ4v) is 7.53. The molecular formula is C38H67N3. The van der Waals surface area contributed by atoms with Gasteiger partial charge in [-0.25, -0.2) is 0 Å². The Balaban J connectivity index is 2.28. The van der Waals surface area contributed by atoms with E-state index in [-0.39, 0.29) is 27.3 Å². The smallest absolute Gasteiger partial charge is 0.0380 e. The zero-order valence-corrected chi connectivity index (χ0v) is 28.5. The predicted molar refractivity (Wildman–Crippen MR) is 183 cm³/mol. The SMILES string of the molecule is CC=CC[C@H](CCCC(C)(N)C1=CC=CCC=C1)[C@@](C)(CCC(C)[C@@]1(C)CC[C@](C)(N)C/C1=C/CC)C(C)(C)CN. The molecule has 0 aromatic rings. The maximum atomic E-state index is 6.92. The van der Waals surface area contributed by atoms with Crippen LogP contribution in [0.5, 0.6) is 0 Å². The van der Waals surface area contributed by atoms with E-state index in [1.54, 1.807) is 5.57 Å². The fourth-order valence-electron chi connectivity index (χ4n) is 7.53. The summed E-state index contributed by atoms with van der Waals surface area (Å²) >= 11 is 0. The van der Waals surface area contributed by atoms with Crippen LogP contribution in [0.4, 0.5) is 0 Å². The summed E-state index contributed by atoms with van der Waals surface area (Å²) in [7, 11) is 0. The minimum absolute atomic E-state index is 0.0354. The van der Waals surface area contributed by atoms with Crippen LogP contribution in [0.15, 0.2) is 59.8 Å². The van der Waals surface area contributed by atoms with Gasteiger partial charge in [0.15, 0.2) is 0 Å². The summed E-state index contributed by atoms with van der Waals surface area (Å²) in [5.74, 6) is 1.15. The Kier molecular flexibility index (Phi) is 13.0. The molecule has 3 nitrogen and oxygen atoms in total. The van der Waals surface area contributed by atoms with Crippen LogP contribution in [-0.2, 0) is 0 Å². The molecule has 0 aromatic heterocycles. The third-order valence-electron chi connectivity index (χ3n) is 11.7. The molecule has 2 aliphatic rings. The molecule has 2 unspecified atom stereocenters. The first-order chi connectivity index (χ1) is 19.1. The van der Waals surface area contributed by atoms with Crippen LogP contribution in [0.25, 0.3) is 0 Å². The third kappa shape index (κ3) is 9.04. The molecule has 0 saturated heterocycles. The number of hydrogen-bond donors (Lipinski definition) is 3. The van der Waals surface area contributed by atoms with Crippen molar-refractivity contribution in [3.05, 3.63) is 59.8 Å². The van der Waals surface area contributed by atoms with Crippen molar-refractivity contribution in [3.8, 4) is 0 Å². The molecule has 3 heteroatoms. The van der Waals surface area contributed by atoms with Crippen molar-refractivity contribution >= 4 is 0 Å². The molecular weight excluding hydrogens is 498 g/mol. The number of allylic oxidation sites excluding steroid dienone is 7. The molecule has 0 radical (unpaired) electrons. The summed E-state index contributed by atoms with van der Waals surface area (Å²) < 4.78 is 0. The van der Waals surface area contributed by atoms with Gasteiger partial charge < -0.3 is 17.2 Å². The van der Waals surface area contributed by atoms with E-state index in [2.05, 4.69) is 111 Å². The van der Waals surface area contributed by atoms with E-state index in [0.29, 0.717) is 18.4 Å². The van der Waals surface area contributed by atoms with Crippen LogP contribution in [0, 0.1) is 28.1 Å². The summed E-state index contributed by atoms with van der Waals surface area (Å²) in [5, 5.41) is 0. The maximum Gasteiger partial charge on any atom is 0.0380 e. The summed E-state index contributed by atoms with van der Waals surface area (Å²) in [5.41, 5.74) is 22.9. The molecule has 0 aromatic carbocycles. The first-order valence-corrected chi connectivity index (χ1v) is 16.7. The Morgan fingerprint density at radius 3 is 2.39 bits per heavy atom. The van der Waals surface area contributed by atoms with E-state index in [1.807, 2.05) is 0 Å². The molecule has 2 aliphatic carbocycles. The minimum atomic E-state index is -0.320. The van der Waals surface area contributed by atoms with Crippen molar-refractivity contribution in [1.29, 1.82) is 0 Å². The van der Waals surface area contributed by atoms with E-state index < -0.39 is 0 Å². The molecule has 1 saturated carbocycles. The van der Waals surface area contributed by atoms with Crippen LogP contribution in [0.2, 0.25) is 0 Å². The summed E-state index contributed by atoms with van der Waals surface area (Å²) in [6, 6.07) is 0. The number of rotatable bonds is 15. The van der Waals surface area contributed by atoms with Crippen molar-refractivity contribution in [1.82, 2.24) is 0 Å². The van der Waals surface area contributed by atoms with Gasteiger partial charge in [-0.1, -0.05) is 102 Å². The van der Waals surface area contributed by atoms with E-state index in [0.717, 1.165) is 44.9 Å². The number of nitrogens with two attached hydrogens (primary N) is 3. The normalized spacial score (nSPS) is 29.2. The monoisotopic (exact) mass is 566 g/mol. The standard InChI is InChI=1S/C38H67N3/c1-10-12-19-31(22-17-24-38(9,41)32-20-15-13-14-16-21-32)37(8,34(4,5)29-39)25-23-30(3)36(7)27-26-35(6,40)28-33(36)18-11-2/h10,12-13,15-16,18,20-21,30-31H,11,14,17,19,22-29,39-41H2,1-9H3/b12-10?,33-18-/t30?,31-,35+,36-,37-,38?/m1/s1. The zero-order valence-electron chi connectivity index (χ0n) is 28.5. The molecule has 0 heterocycles. The molecule has 234 valence electrons. The lowest BCUT2D eigenvalue weighted by molar-refractivity contribution is -0.000195. The van der Waals surface area contributed by atoms with Gasteiger partial charge in [-0.15, -0.1) is 0 Å². The number of hydrogen-bond acceptors (Lipinski definition) is 3. The van der Waals surface area contributed by atoms with Gasteiger partial charge in [0, 0.05) is 11.1 Å². The molecule has 1 fully saturated rings. The molecule has 6 atom stereocenters. The summed E-state index contributed by atoms with van der Waals surface area (Å²) in [6.45, 7) is 21.9. The average Bonchev–Trinajstić information content (AvgIpc) is 3.21. The first-order valence-electron chi connectivity index (χ1n) is 16.7. The van der Waals surface area contributed by atoms with Gasteiger partial charge in [-0.05, 0) is 125 Å². The third-order valence-corrected chi connectivity index (χ3v) is 11.7. The minimum Gasteiger partial charge on any atom is -0.330 e. The Labute approximate surface area is 255 Å². The van der Waals surface area contributed by atoms with Crippen LogP contribution >= 0.6 is 0 Å².